The summed E-state index contributed by atoms with van der Waals surface area (Å²) in [5.74, 6) is -1.16. The molecule has 0 aliphatic carbocycles. The van der Waals surface area contributed by atoms with Gasteiger partial charge in [0.15, 0.2) is 6.61 Å². The number of benzene rings is 2. The van der Waals surface area contributed by atoms with Crippen LogP contribution in [-0.4, -0.2) is 38.0 Å². The molecule has 0 spiro atoms. The van der Waals surface area contributed by atoms with Crippen LogP contribution in [0, 0.1) is 12.8 Å². The molecule has 0 aromatic heterocycles. The Bertz CT molecular complexity index is 929. The van der Waals surface area contributed by atoms with Crippen LogP contribution in [0.5, 0.6) is 5.75 Å². The lowest BCUT2D eigenvalue weighted by atomic mass is 10.1. The summed E-state index contributed by atoms with van der Waals surface area (Å²) in [6.45, 7) is 1.60. The van der Waals surface area contributed by atoms with E-state index in [4.69, 9.17) is 21.1 Å². The number of esters is 1. The first-order valence-corrected chi connectivity index (χ1v) is 9.42. The van der Waals surface area contributed by atoms with Crippen LogP contribution < -0.4 is 15.0 Å². The number of amides is 2. The molecule has 152 valence electrons. The summed E-state index contributed by atoms with van der Waals surface area (Å²) in [4.78, 5) is 38.2. The first-order chi connectivity index (χ1) is 13.9. The van der Waals surface area contributed by atoms with Crippen molar-refractivity contribution in [3.05, 3.63) is 53.1 Å². The molecule has 8 heteroatoms. The van der Waals surface area contributed by atoms with Crippen molar-refractivity contribution in [3.8, 4) is 5.75 Å². The third-order valence-electron chi connectivity index (χ3n) is 4.66. The molecule has 0 bridgehead atoms. The molecule has 0 radical (unpaired) electrons. The molecule has 2 aromatic rings. The first-order valence-electron chi connectivity index (χ1n) is 9.04. The molecule has 1 heterocycles. The minimum Gasteiger partial charge on any atom is -0.497 e. The van der Waals surface area contributed by atoms with E-state index in [2.05, 4.69) is 5.32 Å². The van der Waals surface area contributed by atoms with Gasteiger partial charge in [-0.3, -0.25) is 14.4 Å². The fraction of sp³-hybridized carbons (Fsp3) is 0.286. The number of hydrogen-bond acceptors (Lipinski definition) is 5. The molecule has 1 aliphatic rings. The number of anilines is 2. The van der Waals surface area contributed by atoms with Crippen molar-refractivity contribution < 1.29 is 23.9 Å². The molecule has 0 saturated carbocycles. The lowest BCUT2D eigenvalue weighted by Gasteiger charge is -2.17. The summed E-state index contributed by atoms with van der Waals surface area (Å²) < 4.78 is 10.2. The van der Waals surface area contributed by atoms with Gasteiger partial charge in [0.1, 0.15) is 5.75 Å². The Hall–Kier alpha value is -3.06. The molecule has 1 N–H and O–H groups in total. The Morgan fingerprint density at radius 1 is 1.21 bits per heavy atom. The number of aryl methyl sites for hydroxylation is 1. The molecule has 1 fully saturated rings. The van der Waals surface area contributed by atoms with Crippen molar-refractivity contribution in [1.82, 2.24) is 0 Å². The maximum atomic E-state index is 12.3. The number of nitrogens with zero attached hydrogens (tertiary/aromatic N) is 1. The van der Waals surface area contributed by atoms with Gasteiger partial charge >= 0.3 is 5.97 Å². The number of carbonyl (C=O) groups is 3. The van der Waals surface area contributed by atoms with Gasteiger partial charge in [0.25, 0.3) is 5.91 Å². The van der Waals surface area contributed by atoms with Gasteiger partial charge in [0.2, 0.25) is 5.91 Å². The summed E-state index contributed by atoms with van der Waals surface area (Å²) in [6, 6.07) is 12.1. The van der Waals surface area contributed by atoms with Gasteiger partial charge in [0, 0.05) is 29.4 Å². The summed E-state index contributed by atoms with van der Waals surface area (Å²) in [7, 11) is 1.56. The summed E-state index contributed by atoms with van der Waals surface area (Å²) in [6.07, 6.45) is 0.0416. The Balaban J connectivity index is 1.53. The second-order valence-corrected chi connectivity index (χ2v) is 7.15. The fourth-order valence-electron chi connectivity index (χ4n) is 3.05. The number of nitrogens with one attached hydrogen (secondary N) is 1. The topological polar surface area (TPSA) is 84.9 Å². The van der Waals surface area contributed by atoms with Crippen LogP contribution in [0.1, 0.15) is 12.0 Å². The van der Waals surface area contributed by atoms with E-state index in [1.54, 1.807) is 49.6 Å². The molecule has 7 nitrogen and oxygen atoms in total. The van der Waals surface area contributed by atoms with Crippen LogP contribution in [0.25, 0.3) is 0 Å². The van der Waals surface area contributed by atoms with Gasteiger partial charge < -0.3 is 19.7 Å². The van der Waals surface area contributed by atoms with Crippen LogP contribution in [0.15, 0.2) is 42.5 Å². The van der Waals surface area contributed by atoms with E-state index in [0.717, 1.165) is 5.56 Å². The summed E-state index contributed by atoms with van der Waals surface area (Å²) >= 11 is 5.93. The molecule has 3 rings (SSSR count). The SMILES string of the molecule is COc1ccc(N2C[C@@H](C(=O)OCC(=O)Nc3cc(Cl)ccc3C)CC2=O)cc1. The van der Waals surface area contributed by atoms with Crippen molar-refractivity contribution in [1.29, 1.82) is 0 Å². The highest BCUT2D eigenvalue weighted by Gasteiger charge is 2.36. The van der Waals surface area contributed by atoms with Crippen molar-refractivity contribution >= 4 is 40.8 Å². The molecular formula is C21H21ClN2O5. The highest BCUT2D eigenvalue weighted by Crippen LogP contribution is 2.27. The van der Waals surface area contributed by atoms with Crippen LogP contribution in [-0.2, 0) is 19.1 Å². The zero-order valence-electron chi connectivity index (χ0n) is 16.1. The third-order valence-corrected chi connectivity index (χ3v) is 4.90. The lowest BCUT2D eigenvalue weighted by molar-refractivity contribution is -0.151. The van der Waals surface area contributed by atoms with Gasteiger partial charge in [-0.1, -0.05) is 17.7 Å². The highest BCUT2D eigenvalue weighted by molar-refractivity contribution is 6.31. The van der Waals surface area contributed by atoms with Gasteiger partial charge in [-0.05, 0) is 48.9 Å². The number of methoxy groups -OCH3 is 1. The predicted octanol–water partition coefficient (Wildman–Crippen LogP) is 3.19. The van der Waals surface area contributed by atoms with E-state index < -0.39 is 24.4 Å². The zero-order valence-corrected chi connectivity index (χ0v) is 16.9. The maximum Gasteiger partial charge on any atom is 0.311 e. The van der Waals surface area contributed by atoms with Gasteiger partial charge in [0.05, 0.1) is 13.0 Å². The molecule has 0 unspecified atom stereocenters. The molecular weight excluding hydrogens is 396 g/mol. The minimum absolute atomic E-state index is 0.0416. The number of halogens is 1. The first kappa shape index (κ1) is 20.7. The Labute approximate surface area is 173 Å². The predicted molar refractivity (Wildman–Crippen MR) is 109 cm³/mol. The molecule has 1 saturated heterocycles. The van der Waals surface area contributed by atoms with E-state index in [1.807, 2.05) is 6.92 Å². The van der Waals surface area contributed by atoms with Crippen LogP contribution >= 0.6 is 11.6 Å². The minimum atomic E-state index is -0.620. The van der Waals surface area contributed by atoms with Crippen molar-refractivity contribution in [2.24, 2.45) is 5.92 Å². The smallest absolute Gasteiger partial charge is 0.311 e. The van der Waals surface area contributed by atoms with Crippen molar-refractivity contribution in [2.45, 2.75) is 13.3 Å². The van der Waals surface area contributed by atoms with Gasteiger partial charge in [-0.2, -0.15) is 0 Å². The van der Waals surface area contributed by atoms with Crippen LogP contribution in [0.2, 0.25) is 5.02 Å². The molecule has 2 aromatic carbocycles. The van der Waals surface area contributed by atoms with E-state index in [9.17, 15) is 14.4 Å². The average Bonchev–Trinajstić information content (AvgIpc) is 3.10. The quantitative estimate of drug-likeness (QED) is 0.731. The highest BCUT2D eigenvalue weighted by atomic mass is 35.5. The number of ether oxygens (including phenoxy) is 2. The van der Waals surface area contributed by atoms with E-state index >= 15 is 0 Å². The Morgan fingerprint density at radius 2 is 1.93 bits per heavy atom. The molecule has 2 amide bonds. The van der Waals surface area contributed by atoms with Crippen molar-refractivity contribution in [3.63, 3.8) is 0 Å². The Morgan fingerprint density at radius 3 is 2.62 bits per heavy atom. The van der Waals surface area contributed by atoms with E-state index in [0.29, 0.717) is 22.1 Å². The number of carbonyl (C=O) groups excluding carboxylic acids is 3. The largest absolute Gasteiger partial charge is 0.497 e. The summed E-state index contributed by atoms with van der Waals surface area (Å²) in [5, 5.41) is 3.15. The Kier molecular flexibility index (Phi) is 6.39. The second kappa shape index (κ2) is 8.96. The maximum absolute atomic E-state index is 12.3. The molecule has 1 aliphatic heterocycles. The third kappa shape index (κ3) is 5.06. The molecule has 29 heavy (non-hydrogen) atoms. The number of rotatable bonds is 6. The van der Waals surface area contributed by atoms with Crippen molar-refractivity contribution in [2.75, 3.05) is 30.5 Å². The second-order valence-electron chi connectivity index (χ2n) is 6.72. The normalized spacial score (nSPS) is 15.9. The number of hydrogen-bond donors (Lipinski definition) is 1. The fourth-order valence-corrected chi connectivity index (χ4v) is 3.22. The monoisotopic (exact) mass is 416 g/mol. The zero-order chi connectivity index (χ0) is 21.0. The van der Waals surface area contributed by atoms with Crippen LogP contribution in [0.4, 0.5) is 11.4 Å². The molecule has 1 atom stereocenters. The van der Waals surface area contributed by atoms with E-state index in [1.165, 1.54) is 4.90 Å². The standard InChI is InChI=1S/C21H21ClN2O5/c1-13-3-4-15(22)10-18(13)23-19(25)12-29-21(27)14-9-20(26)24(11-14)16-5-7-17(28-2)8-6-16/h3-8,10,14H,9,11-12H2,1-2H3,(H,23,25)/t14-/m0/s1. The average molecular weight is 417 g/mol. The van der Waals surface area contributed by atoms with E-state index in [-0.39, 0.29) is 18.9 Å². The van der Waals surface area contributed by atoms with Gasteiger partial charge in [-0.25, -0.2) is 0 Å². The lowest BCUT2D eigenvalue weighted by Crippen LogP contribution is -2.28. The van der Waals surface area contributed by atoms with Crippen LogP contribution in [0.3, 0.4) is 0 Å². The van der Waals surface area contributed by atoms with Gasteiger partial charge in [-0.15, -0.1) is 0 Å². The summed E-state index contributed by atoms with van der Waals surface area (Å²) in [5.41, 5.74) is 2.08.